The van der Waals surface area contributed by atoms with Crippen molar-refractivity contribution in [3.05, 3.63) is 47.9 Å². The quantitative estimate of drug-likeness (QED) is 0.784. The molecule has 0 spiro atoms. The minimum Gasteiger partial charge on any atom is -0.439 e. The molecule has 1 aromatic carbocycles. The number of aryl methyl sites for hydroxylation is 1. The maximum Gasteiger partial charge on any atom is 0.255 e. The van der Waals surface area contributed by atoms with E-state index in [1.54, 1.807) is 4.52 Å². The number of nitrogens with zero attached hydrogens (tertiary/aromatic N) is 4. The van der Waals surface area contributed by atoms with Gasteiger partial charge in [-0.3, -0.25) is 0 Å². The lowest BCUT2D eigenvalue weighted by atomic mass is 10.2. The van der Waals surface area contributed by atoms with Crippen LogP contribution in [-0.2, 0) is 6.54 Å². The van der Waals surface area contributed by atoms with Crippen LogP contribution in [0.25, 0.3) is 5.78 Å². The number of benzene rings is 1. The average Bonchev–Trinajstić information content (AvgIpc) is 2.87. The van der Waals surface area contributed by atoms with Crippen LogP contribution in [0.1, 0.15) is 11.3 Å². The molecule has 2 heterocycles. The normalized spacial score (nSPS) is 10.9. The Morgan fingerprint density at radius 3 is 3.05 bits per heavy atom. The molecule has 0 aliphatic carbocycles. The highest BCUT2D eigenvalue weighted by atomic mass is 16.5. The molecule has 0 aliphatic rings. The topological polar surface area (TPSA) is 64.3 Å². The summed E-state index contributed by atoms with van der Waals surface area (Å²) in [6.07, 6.45) is 1.46. The number of nitrogens with one attached hydrogen (secondary N) is 1. The predicted octanol–water partition coefficient (Wildman–Crippen LogP) is 1.94. The van der Waals surface area contributed by atoms with Crippen molar-refractivity contribution in [2.24, 2.45) is 0 Å². The van der Waals surface area contributed by atoms with Gasteiger partial charge in [0.2, 0.25) is 5.88 Å². The Hall–Kier alpha value is -2.47. The molecule has 0 radical (unpaired) electrons. The molecule has 20 heavy (non-hydrogen) atoms. The minimum absolute atomic E-state index is 0.534. The molecule has 3 aromatic rings. The van der Waals surface area contributed by atoms with Gasteiger partial charge < -0.3 is 10.1 Å². The van der Waals surface area contributed by atoms with Crippen molar-refractivity contribution < 1.29 is 4.74 Å². The monoisotopic (exact) mass is 269 g/mol. The molecule has 0 aliphatic heterocycles. The standard InChI is InChI=1S/C14H15N5O/c1-10-6-13(19-14(18-10)16-9-17-19)20-12-5-3-4-11(7-12)8-15-2/h3-7,9,15H,8H2,1-2H3. The van der Waals surface area contributed by atoms with Gasteiger partial charge in [-0.05, 0) is 31.7 Å². The summed E-state index contributed by atoms with van der Waals surface area (Å²) in [5.41, 5.74) is 2.00. The second-order valence-electron chi connectivity index (χ2n) is 4.49. The predicted molar refractivity (Wildman–Crippen MR) is 74.8 cm³/mol. The second kappa shape index (κ2) is 5.26. The van der Waals surface area contributed by atoms with Crippen molar-refractivity contribution in [3.8, 4) is 11.6 Å². The molecule has 0 saturated heterocycles. The first-order chi connectivity index (χ1) is 9.76. The fourth-order valence-electron chi connectivity index (χ4n) is 2.01. The molecule has 0 atom stereocenters. The zero-order valence-corrected chi connectivity index (χ0v) is 11.4. The highest BCUT2D eigenvalue weighted by Crippen LogP contribution is 2.22. The Kier molecular flexibility index (Phi) is 3.30. The molecule has 0 amide bonds. The lowest BCUT2D eigenvalue weighted by Crippen LogP contribution is -2.05. The summed E-state index contributed by atoms with van der Waals surface area (Å²) in [5, 5.41) is 7.24. The number of fused-ring (bicyclic) bond motifs is 1. The van der Waals surface area contributed by atoms with Crippen molar-refractivity contribution in [2.45, 2.75) is 13.5 Å². The Labute approximate surface area is 116 Å². The largest absolute Gasteiger partial charge is 0.439 e. The second-order valence-corrected chi connectivity index (χ2v) is 4.49. The van der Waals surface area contributed by atoms with Gasteiger partial charge in [-0.15, -0.1) is 0 Å². The van der Waals surface area contributed by atoms with Crippen molar-refractivity contribution in [2.75, 3.05) is 7.05 Å². The van der Waals surface area contributed by atoms with Crippen LogP contribution < -0.4 is 10.1 Å². The van der Waals surface area contributed by atoms with Crippen LogP contribution >= 0.6 is 0 Å². The summed E-state index contributed by atoms with van der Waals surface area (Å²) < 4.78 is 7.49. The van der Waals surface area contributed by atoms with Crippen LogP contribution in [0.15, 0.2) is 36.7 Å². The summed E-state index contributed by atoms with van der Waals surface area (Å²) in [4.78, 5) is 8.36. The van der Waals surface area contributed by atoms with Gasteiger partial charge in [-0.25, -0.2) is 4.98 Å². The van der Waals surface area contributed by atoms with E-state index in [-0.39, 0.29) is 0 Å². The van der Waals surface area contributed by atoms with E-state index in [0.717, 1.165) is 23.6 Å². The van der Waals surface area contributed by atoms with E-state index in [0.29, 0.717) is 11.7 Å². The van der Waals surface area contributed by atoms with E-state index < -0.39 is 0 Å². The first-order valence-electron chi connectivity index (χ1n) is 6.35. The van der Waals surface area contributed by atoms with Gasteiger partial charge >= 0.3 is 0 Å². The molecule has 0 saturated carbocycles. The molecule has 1 N–H and O–H groups in total. The van der Waals surface area contributed by atoms with Crippen molar-refractivity contribution in [3.63, 3.8) is 0 Å². The highest BCUT2D eigenvalue weighted by Gasteiger charge is 2.08. The third-order valence-electron chi connectivity index (χ3n) is 2.85. The van der Waals surface area contributed by atoms with Gasteiger partial charge in [-0.1, -0.05) is 12.1 Å². The minimum atomic E-state index is 0.534. The zero-order chi connectivity index (χ0) is 13.9. The summed E-state index contributed by atoms with van der Waals surface area (Å²) in [6.45, 7) is 2.70. The number of rotatable bonds is 4. The fraction of sp³-hybridized carbons (Fsp3) is 0.214. The van der Waals surface area contributed by atoms with E-state index in [9.17, 15) is 0 Å². The Balaban J connectivity index is 1.96. The smallest absolute Gasteiger partial charge is 0.255 e. The molecule has 2 aromatic heterocycles. The Morgan fingerprint density at radius 1 is 1.30 bits per heavy atom. The molecular weight excluding hydrogens is 254 g/mol. The lowest BCUT2D eigenvalue weighted by molar-refractivity contribution is 0.444. The summed E-state index contributed by atoms with van der Waals surface area (Å²) in [5.74, 6) is 1.90. The van der Waals surface area contributed by atoms with Gasteiger partial charge in [0.25, 0.3) is 5.78 Å². The molecule has 0 bridgehead atoms. The highest BCUT2D eigenvalue weighted by molar-refractivity contribution is 5.36. The van der Waals surface area contributed by atoms with Gasteiger partial charge in [0.15, 0.2) is 0 Å². The van der Waals surface area contributed by atoms with Gasteiger partial charge in [0.1, 0.15) is 12.1 Å². The number of hydrogen-bond donors (Lipinski definition) is 1. The van der Waals surface area contributed by atoms with Gasteiger partial charge in [0, 0.05) is 18.3 Å². The molecule has 6 nitrogen and oxygen atoms in total. The van der Waals surface area contributed by atoms with Crippen molar-refractivity contribution in [1.29, 1.82) is 0 Å². The molecule has 6 heteroatoms. The molecule has 0 fully saturated rings. The lowest BCUT2D eigenvalue weighted by Gasteiger charge is -2.09. The molecule has 0 unspecified atom stereocenters. The van der Waals surface area contributed by atoms with Crippen LogP contribution in [0, 0.1) is 6.92 Å². The van der Waals surface area contributed by atoms with E-state index >= 15 is 0 Å². The first kappa shape index (κ1) is 12.6. The van der Waals surface area contributed by atoms with E-state index in [1.807, 2.05) is 44.3 Å². The van der Waals surface area contributed by atoms with Crippen LogP contribution in [0.4, 0.5) is 0 Å². The van der Waals surface area contributed by atoms with Crippen LogP contribution in [0.5, 0.6) is 11.6 Å². The first-order valence-corrected chi connectivity index (χ1v) is 6.35. The Morgan fingerprint density at radius 2 is 2.20 bits per heavy atom. The maximum absolute atomic E-state index is 5.91. The van der Waals surface area contributed by atoms with E-state index in [2.05, 4.69) is 20.4 Å². The SMILES string of the molecule is CNCc1cccc(Oc2cc(C)nc3ncnn23)c1. The molecule has 3 rings (SSSR count). The van der Waals surface area contributed by atoms with Gasteiger partial charge in [0.05, 0.1) is 0 Å². The number of hydrogen-bond acceptors (Lipinski definition) is 5. The van der Waals surface area contributed by atoms with Crippen molar-refractivity contribution in [1.82, 2.24) is 24.9 Å². The molecule has 102 valence electrons. The van der Waals surface area contributed by atoms with Crippen molar-refractivity contribution >= 4 is 5.78 Å². The van der Waals surface area contributed by atoms with E-state index in [1.165, 1.54) is 6.33 Å². The summed E-state index contributed by atoms with van der Waals surface area (Å²) in [7, 11) is 1.92. The third kappa shape index (κ3) is 2.46. The zero-order valence-electron chi connectivity index (χ0n) is 11.4. The van der Waals surface area contributed by atoms with Crippen LogP contribution in [-0.4, -0.2) is 26.6 Å². The molecular formula is C14H15N5O. The maximum atomic E-state index is 5.91. The van der Waals surface area contributed by atoms with E-state index in [4.69, 9.17) is 4.74 Å². The summed E-state index contributed by atoms with van der Waals surface area (Å²) >= 11 is 0. The third-order valence-corrected chi connectivity index (χ3v) is 2.85. The van der Waals surface area contributed by atoms with Crippen LogP contribution in [0.2, 0.25) is 0 Å². The van der Waals surface area contributed by atoms with Gasteiger partial charge in [-0.2, -0.15) is 14.6 Å². The van der Waals surface area contributed by atoms with Crippen LogP contribution in [0.3, 0.4) is 0 Å². The summed E-state index contributed by atoms with van der Waals surface area (Å²) in [6, 6.07) is 9.76. The Bertz CT molecular complexity index is 737. The average molecular weight is 269 g/mol. The number of aromatic nitrogens is 4. The number of ether oxygens (including phenoxy) is 1. The fourth-order valence-corrected chi connectivity index (χ4v) is 2.01.